The van der Waals surface area contributed by atoms with E-state index in [1.807, 2.05) is 0 Å². The molecule has 136 valence electrons. The first-order valence-corrected chi connectivity index (χ1v) is 8.07. The summed E-state index contributed by atoms with van der Waals surface area (Å²) in [6.45, 7) is 0. The number of carbonyl (C=O) groups is 1. The third-order valence-corrected chi connectivity index (χ3v) is 4.25. The number of nitro benzene ring substituents is 1. The summed E-state index contributed by atoms with van der Waals surface area (Å²) in [5, 5.41) is 34.1. The van der Waals surface area contributed by atoms with E-state index in [0.717, 1.165) is 22.8 Å². The number of hydrogen-bond donors (Lipinski definition) is 4. The molecule has 0 aliphatic carbocycles. The van der Waals surface area contributed by atoms with E-state index in [4.69, 9.17) is 11.7 Å². The summed E-state index contributed by atoms with van der Waals surface area (Å²) in [6, 6.07) is 9.11. The fraction of sp³-hybridized carbons (Fsp3) is 0.0667. The number of ketones is 1. The van der Waals surface area contributed by atoms with Crippen molar-refractivity contribution in [2.75, 3.05) is 10.8 Å². The van der Waals surface area contributed by atoms with Crippen molar-refractivity contribution < 1.29 is 19.9 Å². The number of phenolic OH excluding ortho intramolecular Hbond substituents is 2. The van der Waals surface area contributed by atoms with Gasteiger partial charge in [0, 0.05) is 17.7 Å². The SMILES string of the molecule is N/N=C(/SCC(=O)c1ccc(O)c(O)c1)N(N)c1ccc([N+](=O)[O-])cc1. The molecule has 0 radical (unpaired) electrons. The average molecular weight is 377 g/mol. The van der Waals surface area contributed by atoms with Gasteiger partial charge >= 0.3 is 0 Å². The molecule has 0 saturated heterocycles. The zero-order valence-electron chi connectivity index (χ0n) is 13.3. The lowest BCUT2D eigenvalue weighted by atomic mass is 10.1. The molecule has 26 heavy (non-hydrogen) atoms. The molecule has 0 unspecified atom stereocenters. The van der Waals surface area contributed by atoms with Gasteiger partial charge in [-0.05, 0) is 30.3 Å². The van der Waals surface area contributed by atoms with E-state index in [0.29, 0.717) is 5.69 Å². The Morgan fingerprint density at radius 2 is 1.85 bits per heavy atom. The lowest BCUT2D eigenvalue weighted by Crippen LogP contribution is -2.36. The molecule has 2 aromatic rings. The number of thioether (sulfide) groups is 1. The van der Waals surface area contributed by atoms with Crippen molar-refractivity contribution >= 4 is 34.1 Å². The van der Waals surface area contributed by atoms with E-state index in [-0.39, 0.29) is 33.7 Å². The number of carbonyl (C=O) groups excluding carboxylic acids is 1. The molecule has 0 aliphatic heterocycles. The van der Waals surface area contributed by atoms with E-state index >= 15 is 0 Å². The highest BCUT2D eigenvalue weighted by atomic mass is 32.2. The van der Waals surface area contributed by atoms with Crippen LogP contribution in [0.4, 0.5) is 11.4 Å². The number of rotatable bonds is 5. The Balaban J connectivity index is 2.05. The van der Waals surface area contributed by atoms with Crippen molar-refractivity contribution in [3.05, 3.63) is 58.1 Å². The summed E-state index contributed by atoms with van der Waals surface area (Å²) in [5.74, 6) is 10.0. The summed E-state index contributed by atoms with van der Waals surface area (Å²) in [6.07, 6.45) is 0. The molecule has 0 heterocycles. The molecule has 0 spiro atoms. The molecule has 10 nitrogen and oxygen atoms in total. The first kappa shape index (κ1) is 19.0. The predicted octanol–water partition coefficient (Wildman–Crippen LogP) is 1.53. The minimum atomic E-state index is -0.539. The van der Waals surface area contributed by atoms with Gasteiger partial charge in [-0.25, -0.2) is 5.84 Å². The van der Waals surface area contributed by atoms with Gasteiger partial charge in [-0.1, -0.05) is 11.8 Å². The number of hydrogen-bond acceptors (Lipinski definition) is 9. The van der Waals surface area contributed by atoms with Crippen LogP contribution in [-0.4, -0.2) is 31.8 Å². The first-order chi connectivity index (χ1) is 12.3. The highest BCUT2D eigenvalue weighted by Gasteiger charge is 2.16. The van der Waals surface area contributed by atoms with E-state index in [1.165, 1.54) is 36.4 Å². The van der Waals surface area contributed by atoms with Gasteiger partial charge in [-0.2, -0.15) is 5.10 Å². The number of hydrazone groups is 1. The molecule has 0 atom stereocenters. The van der Waals surface area contributed by atoms with Crippen LogP contribution in [0.15, 0.2) is 47.6 Å². The summed E-state index contributed by atoms with van der Waals surface area (Å²) in [7, 11) is 0. The van der Waals surface area contributed by atoms with E-state index in [1.54, 1.807) is 0 Å². The normalized spacial score (nSPS) is 11.2. The fourth-order valence-corrected chi connectivity index (χ4v) is 2.67. The Kier molecular flexibility index (Phi) is 5.98. The van der Waals surface area contributed by atoms with Crippen molar-refractivity contribution in [2.24, 2.45) is 16.8 Å². The van der Waals surface area contributed by atoms with Crippen LogP contribution in [-0.2, 0) is 0 Å². The van der Waals surface area contributed by atoms with Crippen molar-refractivity contribution in [3.63, 3.8) is 0 Å². The first-order valence-electron chi connectivity index (χ1n) is 7.08. The second kappa shape index (κ2) is 8.18. The molecule has 2 aromatic carbocycles. The predicted molar refractivity (Wildman–Crippen MR) is 97.9 cm³/mol. The maximum atomic E-state index is 12.2. The lowest BCUT2D eigenvalue weighted by molar-refractivity contribution is -0.384. The summed E-state index contributed by atoms with van der Waals surface area (Å²) < 4.78 is 0. The van der Waals surface area contributed by atoms with E-state index in [9.17, 15) is 25.1 Å². The minimum absolute atomic E-state index is 0.0824. The summed E-state index contributed by atoms with van der Waals surface area (Å²) >= 11 is 0.946. The van der Waals surface area contributed by atoms with Gasteiger partial charge in [0.2, 0.25) is 5.17 Å². The standard InChI is InChI=1S/C15H15N5O5S/c16-18-15(19(17)10-2-4-11(5-3-10)20(24)25)26-8-14(23)9-1-6-12(21)13(22)7-9/h1-7,21-22H,8,16-17H2/b18-15+. The van der Waals surface area contributed by atoms with Crippen LogP contribution < -0.4 is 16.7 Å². The number of Topliss-reactive ketones (excluding diaryl/α,β-unsaturated/α-hetero) is 1. The monoisotopic (exact) mass is 377 g/mol. The Morgan fingerprint density at radius 3 is 2.38 bits per heavy atom. The molecular weight excluding hydrogens is 362 g/mol. The van der Waals surface area contributed by atoms with Gasteiger partial charge in [0.05, 0.1) is 16.4 Å². The molecule has 0 aromatic heterocycles. The second-order valence-electron chi connectivity index (χ2n) is 4.97. The third kappa shape index (κ3) is 4.40. The number of non-ortho nitro benzene ring substituents is 1. The Bertz CT molecular complexity index is 856. The number of nitro groups is 1. The largest absolute Gasteiger partial charge is 0.504 e. The maximum absolute atomic E-state index is 12.2. The minimum Gasteiger partial charge on any atom is -0.504 e. The summed E-state index contributed by atoms with van der Waals surface area (Å²) in [5.41, 5.74) is 0.494. The topological polar surface area (TPSA) is 168 Å². The van der Waals surface area contributed by atoms with Crippen LogP contribution >= 0.6 is 11.8 Å². The van der Waals surface area contributed by atoms with Crippen molar-refractivity contribution in [1.29, 1.82) is 0 Å². The smallest absolute Gasteiger partial charge is 0.269 e. The highest BCUT2D eigenvalue weighted by Crippen LogP contribution is 2.26. The van der Waals surface area contributed by atoms with Crippen molar-refractivity contribution in [3.8, 4) is 11.5 Å². The zero-order valence-corrected chi connectivity index (χ0v) is 14.1. The molecule has 0 saturated carbocycles. The molecule has 6 N–H and O–H groups in total. The van der Waals surface area contributed by atoms with Gasteiger partial charge in [0.25, 0.3) is 5.69 Å². The van der Waals surface area contributed by atoms with Gasteiger partial charge in [0.15, 0.2) is 17.3 Å². The molecule has 0 bridgehead atoms. The number of anilines is 1. The number of nitrogens with zero attached hydrogens (tertiary/aromatic N) is 3. The Labute approximate surface area is 151 Å². The highest BCUT2D eigenvalue weighted by molar-refractivity contribution is 8.14. The number of nitrogens with two attached hydrogens (primary N) is 2. The van der Waals surface area contributed by atoms with E-state index in [2.05, 4.69) is 5.10 Å². The lowest BCUT2D eigenvalue weighted by Gasteiger charge is -2.19. The quantitative estimate of drug-likeness (QED) is 0.115. The van der Waals surface area contributed by atoms with Crippen LogP contribution in [0.5, 0.6) is 11.5 Å². The number of phenols is 2. The fourth-order valence-electron chi connectivity index (χ4n) is 1.92. The van der Waals surface area contributed by atoms with Crippen LogP contribution in [0.1, 0.15) is 10.4 Å². The number of aromatic hydroxyl groups is 2. The van der Waals surface area contributed by atoms with Crippen LogP contribution in [0.3, 0.4) is 0 Å². The van der Waals surface area contributed by atoms with Crippen LogP contribution in [0, 0.1) is 10.1 Å². The molecule has 0 amide bonds. The summed E-state index contributed by atoms with van der Waals surface area (Å²) in [4.78, 5) is 22.3. The van der Waals surface area contributed by atoms with Crippen LogP contribution in [0.2, 0.25) is 0 Å². The van der Waals surface area contributed by atoms with Gasteiger partial charge in [-0.15, -0.1) is 0 Å². The number of hydrazine groups is 1. The molecule has 0 fully saturated rings. The Hall–Kier alpha value is -3.31. The molecular formula is C15H15N5O5S. The van der Waals surface area contributed by atoms with Crippen molar-refractivity contribution in [2.45, 2.75) is 0 Å². The zero-order chi connectivity index (χ0) is 19.3. The number of amidine groups is 1. The van der Waals surface area contributed by atoms with E-state index < -0.39 is 10.7 Å². The van der Waals surface area contributed by atoms with Crippen molar-refractivity contribution in [1.82, 2.24) is 0 Å². The van der Waals surface area contributed by atoms with Gasteiger partial charge < -0.3 is 16.1 Å². The van der Waals surface area contributed by atoms with Gasteiger partial charge in [0.1, 0.15) is 0 Å². The second-order valence-corrected chi connectivity index (χ2v) is 5.91. The maximum Gasteiger partial charge on any atom is 0.269 e. The molecule has 0 aliphatic rings. The van der Waals surface area contributed by atoms with Gasteiger partial charge in [-0.3, -0.25) is 19.9 Å². The van der Waals surface area contributed by atoms with Crippen LogP contribution in [0.25, 0.3) is 0 Å². The number of benzene rings is 2. The average Bonchev–Trinajstić information content (AvgIpc) is 2.64. The molecule has 11 heteroatoms. The molecule has 2 rings (SSSR count). The Morgan fingerprint density at radius 1 is 1.19 bits per heavy atom. The third-order valence-electron chi connectivity index (χ3n) is 3.28.